The van der Waals surface area contributed by atoms with Crippen LogP contribution in [0.1, 0.15) is 32.1 Å². The fourth-order valence-corrected chi connectivity index (χ4v) is 3.33. The normalized spacial score (nSPS) is 18.6. The van der Waals surface area contributed by atoms with Gasteiger partial charge in [-0.15, -0.1) is 0 Å². The third kappa shape index (κ3) is 3.18. The highest BCUT2D eigenvalue weighted by Crippen LogP contribution is 2.38. The number of hydrogen-bond donors (Lipinski definition) is 0. The number of rotatable bonds is 4. The summed E-state index contributed by atoms with van der Waals surface area (Å²) in [7, 11) is 0. The van der Waals surface area contributed by atoms with Gasteiger partial charge in [0.25, 0.3) is 0 Å². The fourth-order valence-electron chi connectivity index (χ4n) is 2.44. The molecule has 18 heavy (non-hydrogen) atoms. The van der Waals surface area contributed by atoms with Gasteiger partial charge in [-0.05, 0) is 25.0 Å². The Morgan fingerprint density at radius 2 is 2.00 bits per heavy atom. The van der Waals surface area contributed by atoms with E-state index in [-0.39, 0.29) is 16.2 Å². The summed E-state index contributed by atoms with van der Waals surface area (Å²) in [5, 5.41) is 1.02. The summed E-state index contributed by atoms with van der Waals surface area (Å²) in [5.41, 5.74) is 0.146. The molecular formula is C14H17BrClFO. The van der Waals surface area contributed by atoms with Gasteiger partial charge in [0.2, 0.25) is 0 Å². The van der Waals surface area contributed by atoms with Gasteiger partial charge in [0.1, 0.15) is 0 Å². The van der Waals surface area contributed by atoms with Gasteiger partial charge in [0.15, 0.2) is 11.6 Å². The molecule has 1 aromatic carbocycles. The lowest BCUT2D eigenvalue weighted by Crippen LogP contribution is -2.32. The number of alkyl halides is 1. The lowest BCUT2D eigenvalue weighted by molar-refractivity contribution is 0.118. The summed E-state index contributed by atoms with van der Waals surface area (Å²) >= 11 is 9.31. The summed E-state index contributed by atoms with van der Waals surface area (Å²) in [6, 6.07) is 4.87. The molecule has 1 aliphatic carbocycles. The highest BCUT2D eigenvalue weighted by molar-refractivity contribution is 9.09. The zero-order chi connectivity index (χ0) is 13.0. The Labute approximate surface area is 121 Å². The van der Waals surface area contributed by atoms with Crippen molar-refractivity contribution in [3.05, 3.63) is 29.0 Å². The molecule has 0 N–H and O–H groups in total. The maximum Gasteiger partial charge on any atom is 0.183 e. The quantitative estimate of drug-likeness (QED) is 0.687. The number of benzene rings is 1. The molecule has 0 spiro atoms. The van der Waals surface area contributed by atoms with E-state index in [1.54, 1.807) is 12.1 Å². The lowest BCUT2D eigenvalue weighted by atomic mass is 9.76. The molecule has 1 nitrogen and oxygen atoms in total. The molecule has 0 aromatic heterocycles. The van der Waals surface area contributed by atoms with Crippen molar-refractivity contribution in [1.82, 2.24) is 0 Å². The van der Waals surface area contributed by atoms with E-state index in [0.29, 0.717) is 6.61 Å². The van der Waals surface area contributed by atoms with Crippen LogP contribution in [-0.2, 0) is 0 Å². The van der Waals surface area contributed by atoms with E-state index >= 15 is 0 Å². The summed E-state index contributed by atoms with van der Waals surface area (Å²) in [6.45, 7) is 0.551. The molecule has 2 rings (SSSR count). The summed E-state index contributed by atoms with van der Waals surface area (Å²) in [4.78, 5) is 0. The third-order valence-corrected chi connectivity index (χ3v) is 5.13. The Morgan fingerprint density at radius 1 is 1.28 bits per heavy atom. The van der Waals surface area contributed by atoms with Gasteiger partial charge < -0.3 is 4.74 Å². The average molecular weight is 336 g/mol. The largest absolute Gasteiger partial charge is 0.490 e. The molecule has 0 radical (unpaired) electrons. The molecule has 1 aliphatic rings. The summed E-state index contributed by atoms with van der Waals surface area (Å²) in [6.07, 6.45) is 6.03. The van der Waals surface area contributed by atoms with E-state index in [1.165, 1.54) is 25.3 Å². The molecule has 100 valence electrons. The lowest BCUT2D eigenvalue weighted by Gasteiger charge is -2.35. The van der Waals surface area contributed by atoms with Gasteiger partial charge >= 0.3 is 0 Å². The van der Waals surface area contributed by atoms with Crippen LogP contribution < -0.4 is 4.74 Å². The Morgan fingerprint density at radius 3 is 2.67 bits per heavy atom. The smallest absolute Gasteiger partial charge is 0.183 e. The first-order chi connectivity index (χ1) is 8.67. The standard InChI is InChI=1S/C14H17BrClFO/c15-9-14(7-2-1-3-8-14)10-18-12-6-4-5-11(16)13(12)17/h4-6H,1-3,7-10H2. The van der Waals surface area contributed by atoms with Crippen LogP contribution in [0.25, 0.3) is 0 Å². The maximum absolute atomic E-state index is 13.7. The van der Waals surface area contributed by atoms with Crippen LogP contribution in [0.5, 0.6) is 5.75 Å². The van der Waals surface area contributed by atoms with E-state index in [2.05, 4.69) is 15.9 Å². The highest BCUT2D eigenvalue weighted by Gasteiger charge is 2.32. The highest BCUT2D eigenvalue weighted by atomic mass is 79.9. The molecule has 0 aliphatic heterocycles. The van der Waals surface area contributed by atoms with Crippen molar-refractivity contribution >= 4 is 27.5 Å². The fraction of sp³-hybridized carbons (Fsp3) is 0.571. The minimum atomic E-state index is -0.459. The molecular weight excluding hydrogens is 319 g/mol. The Balaban J connectivity index is 2.03. The second kappa shape index (κ2) is 6.25. The number of halogens is 3. The predicted octanol–water partition coefficient (Wildman–Crippen LogP) is 5.20. The van der Waals surface area contributed by atoms with Crippen LogP contribution in [0, 0.1) is 11.2 Å². The van der Waals surface area contributed by atoms with Crippen molar-refractivity contribution < 1.29 is 9.13 Å². The van der Waals surface area contributed by atoms with Gasteiger partial charge in [-0.1, -0.05) is 52.9 Å². The second-order valence-electron chi connectivity index (χ2n) is 5.03. The van der Waals surface area contributed by atoms with Crippen LogP contribution in [0.15, 0.2) is 18.2 Å². The van der Waals surface area contributed by atoms with Crippen LogP contribution in [0.4, 0.5) is 4.39 Å². The molecule has 1 saturated carbocycles. The molecule has 1 fully saturated rings. The van der Waals surface area contributed by atoms with E-state index in [4.69, 9.17) is 16.3 Å². The molecule has 0 heterocycles. The molecule has 0 bridgehead atoms. The maximum atomic E-state index is 13.7. The Kier molecular flexibility index (Phi) is 4.91. The molecule has 4 heteroatoms. The first-order valence-corrected chi connectivity index (χ1v) is 7.80. The van der Waals surface area contributed by atoms with Crippen molar-refractivity contribution in [3.8, 4) is 5.75 Å². The number of ether oxygens (including phenoxy) is 1. The van der Waals surface area contributed by atoms with Gasteiger partial charge in [-0.2, -0.15) is 0 Å². The summed E-state index contributed by atoms with van der Waals surface area (Å²) in [5.74, 6) is -0.201. The topological polar surface area (TPSA) is 9.23 Å². The van der Waals surface area contributed by atoms with E-state index in [0.717, 1.165) is 18.2 Å². The van der Waals surface area contributed by atoms with Gasteiger partial charge in [-0.25, -0.2) is 4.39 Å². The van der Waals surface area contributed by atoms with Crippen LogP contribution in [0.3, 0.4) is 0 Å². The van der Waals surface area contributed by atoms with Crippen molar-refractivity contribution in [1.29, 1.82) is 0 Å². The minimum absolute atomic E-state index is 0.115. The molecule has 0 atom stereocenters. The first kappa shape index (κ1) is 14.1. The summed E-state index contributed by atoms with van der Waals surface area (Å²) < 4.78 is 19.4. The average Bonchev–Trinajstić information content (AvgIpc) is 2.41. The Hall–Kier alpha value is -0.280. The van der Waals surface area contributed by atoms with Crippen molar-refractivity contribution in [2.24, 2.45) is 5.41 Å². The monoisotopic (exact) mass is 334 g/mol. The Bertz CT molecular complexity index is 405. The second-order valence-corrected chi connectivity index (χ2v) is 6.00. The minimum Gasteiger partial charge on any atom is -0.490 e. The van der Waals surface area contributed by atoms with Crippen LogP contribution in [-0.4, -0.2) is 11.9 Å². The van der Waals surface area contributed by atoms with E-state index in [1.807, 2.05) is 0 Å². The zero-order valence-electron chi connectivity index (χ0n) is 10.2. The van der Waals surface area contributed by atoms with Gasteiger partial charge in [-0.3, -0.25) is 0 Å². The third-order valence-electron chi connectivity index (χ3n) is 3.65. The van der Waals surface area contributed by atoms with E-state index in [9.17, 15) is 4.39 Å². The van der Waals surface area contributed by atoms with Crippen LogP contribution >= 0.6 is 27.5 Å². The van der Waals surface area contributed by atoms with Crippen molar-refractivity contribution in [2.45, 2.75) is 32.1 Å². The molecule has 0 unspecified atom stereocenters. The number of hydrogen-bond acceptors (Lipinski definition) is 1. The first-order valence-electron chi connectivity index (χ1n) is 6.30. The zero-order valence-corrected chi connectivity index (χ0v) is 12.6. The van der Waals surface area contributed by atoms with Crippen LogP contribution in [0.2, 0.25) is 5.02 Å². The van der Waals surface area contributed by atoms with Crippen molar-refractivity contribution in [2.75, 3.05) is 11.9 Å². The molecule has 0 saturated heterocycles. The van der Waals surface area contributed by atoms with E-state index < -0.39 is 5.82 Å². The molecule has 0 amide bonds. The predicted molar refractivity (Wildman–Crippen MR) is 76.2 cm³/mol. The van der Waals surface area contributed by atoms with Crippen molar-refractivity contribution in [3.63, 3.8) is 0 Å². The SMILES string of the molecule is Fc1c(Cl)cccc1OCC1(CBr)CCCCC1. The van der Waals surface area contributed by atoms with Gasteiger partial charge in [0, 0.05) is 10.7 Å². The molecule has 1 aromatic rings. The van der Waals surface area contributed by atoms with Gasteiger partial charge in [0.05, 0.1) is 11.6 Å².